The molecule has 0 aromatic heterocycles. The first-order valence-electron chi connectivity index (χ1n) is 6.60. The summed E-state index contributed by atoms with van der Waals surface area (Å²) in [5.74, 6) is 0. The van der Waals surface area contributed by atoms with E-state index in [0.717, 1.165) is 13.0 Å². The van der Waals surface area contributed by atoms with Crippen molar-refractivity contribution in [2.24, 2.45) is 5.73 Å². The van der Waals surface area contributed by atoms with Gasteiger partial charge in [0, 0.05) is 25.3 Å². The predicted octanol–water partition coefficient (Wildman–Crippen LogP) is 3.12. The Bertz CT molecular complexity index is 345. The second-order valence-electron chi connectivity index (χ2n) is 5.08. The summed E-state index contributed by atoms with van der Waals surface area (Å²) in [6, 6.07) is 6.93. The van der Waals surface area contributed by atoms with Gasteiger partial charge in [-0.2, -0.15) is 0 Å². The van der Waals surface area contributed by atoms with E-state index in [2.05, 4.69) is 50.9 Å². The van der Waals surface area contributed by atoms with Crippen molar-refractivity contribution in [1.82, 2.24) is 0 Å². The second kappa shape index (κ2) is 6.65. The number of unbranched alkanes of at least 4 members (excludes halogenated alkanes) is 1. The van der Waals surface area contributed by atoms with Gasteiger partial charge in [-0.1, -0.05) is 25.5 Å². The van der Waals surface area contributed by atoms with E-state index < -0.39 is 0 Å². The Morgan fingerprint density at radius 3 is 2.59 bits per heavy atom. The zero-order valence-electron chi connectivity index (χ0n) is 11.7. The standard InChI is InChI=1S/C15H26N2/c1-5-6-9-17(4)15-8-7-14(10-12(15)2)11-13(3)16/h7-8,10,13H,5-6,9,11,16H2,1-4H3. The summed E-state index contributed by atoms with van der Waals surface area (Å²) in [4.78, 5) is 2.34. The van der Waals surface area contributed by atoms with Crippen molar-refractivity contribution in [3.63, 3.8) is 0 Å². The molecule has 0 saturated carbocycles. The van der Waals surface area contributed by atoms with Gasteiger partial charge in [-0.15, -0.1) is 0 Å². The lowest BCUT2D eigenvalue weighted by molar-refractivity contribution is 0.736. The molecular weight excluding hydrogens is 208 g/mol. The van der Waals surface area contributed by atoms with E-state index in [9.17, 15) is 0 Å². The molecule has 0 radical (unpaired) electrons. The fourth-order valence-corrected chi connectivity index (χ4v) is 2.16. The maximum Gasteiger partial charge on any atom is 0.0393 e. The molecule has 0 aliphatic heterocycles. The lowest BCUT2D eigenvalue weighted by Crippen LogP contribution is -2.20. The summed E-state index contributed by atoms with van der Waals surface area (Å²) >= 11 is 0. The zero-order valence-corrected chi connectivity index (χ0v) is 11.7. The first-order valence-corrected chi connectivity index (χ1v) is 6.60. The molecule has 0 heterocycles. The molecule has 1 aromatic rings. The average Bonchev–Trinajstić information content (AvgIpc) is 2.25. The fraction of sp³-hybridized carbons (Fsp3) is 0.600. The summed E-state index contributed by atoms with van der Waals surface area (Å²) in [5, 5.41) is 0. The molecule has 2 nitrogen and oxygen atoms in total. The van der Waals surface area contributed by atoms with Gasteiger partial charge in [0.25, 0.3) is 0 Å². The van der Waals surface area contributed by atoms with Crippen molar-refractivity contribution in [1.29, 1.82) is 0 Å². The van der Waals surface area contributed by atoms with Crippen LogP contribution in [0.5, 0.6) is 0 Å². The Hall–Kier alpha value is -1.02. The van der Waals surface area contributed by atoms with Crippen molar-refractivity contribution in [3.05, 3.63) is 29.3 Å². The van der Waals surface area contributed by atoms with Gasteiger partial charge in [-0.3, -0.25) is 0 Å². The van der Waals surface area contributed by atoms with E-state index in [1.807, 2.05) is 0 Å². The van der Waals surface area contributed by atoms with Crippen LogP contribution in [0.25, 0.3) is 0 Å². The number of nitrogens with two attached hydrogens (primary N) is 1. The van der Waals surface area contributed by atoms with Crippen LogP contribution in [0.3, 0.4) is 0 Å². The molecule has 96 valence electrons. The minimum Gasteiger partial charge on any atom is -0.374 e. The van der Waals surface area contributed by atoms with Gasteiger partial charge in [0.05, 0.1) is 0 Å². The Morgan fingerprint density at radius 1 is 1.35 bits per heavy atom. The predicted molar refractivity (Wildman–Crippen MR) is 76.7 cm³/mol. The first-order chi connectivity index (χ1) is 8.04. The van der Waals surface area contributed by atoms with Crippen LogP contribution in [0.2, 0.25) is 0 Å². The van der Waals surface area contributed by atoms with Crippen LogP contribution in [0.15, 0.2) is 18.2 Å². The van der Waals surface area contributed by atoms with Gasteiger partial charge in [0.15, 0.2) is 0 Å². The second-order valence-corrected chi connectivity index (χ2v) is 5.08. The number of nitrogens with zero attached hydrogens (tertiary/aromatic N) is 1. The lowest BCUT2D eigenvalue weighted by atomic mass is 10.0. The highest BCUT2D eigenvalue weighted by Gasteiger charge is 2.06. The zero-order chi connectivity index (χ0) is 12.8. The maximum absolute atomic E-state index is 5.83. The SMILES string of the molecule is CCCCN(C)c1ccc(CC(C)N)cc1C. The Morgan fingerprint density at radius 2 is 2.06 bits per heavy atom. The van der Waals surface area contributed by atoms with Crippen LogP contribution in [-0.4, -0.2) is 19.6 Å². The molecule has 2 N–H and O–H groups in total. The third-order valence-corrected chi connectivity index (χ3v) is 3.08. The van der Waals surface area contributed by atoms with Crippen molar-refractivity contribution in [2.45, 2.75) is 46.1 Å². The Kier molecular flexibility index (Phi) is 5.49. The third kappa shape index (κ3) is 4.39. The summed E-state index contributed by atoms with van der Waals surface area (Å²) < 4.78 is 0. The highest BCUT2D eigenvalue weighted by atomic mass is 15.1. The highest BCUT2D eigenvalue weighted by molar-refractivity contribution is 5.53. The molecule has 1 atom stereocenters. The molecule has 0 aliphatic rings. The van der Waals surface area contributed by atoms with Gasteiger partial charge in [0.2, 0.25) is 0 Å². The van der Waals surface area contributed by atoms with E-state index in [4.69, 9.17) is 5.73 Å². The summed E-state index contributed by atoms with van der Waals surface area (Å²) in [6.45, 7) is 7.59. The van der Waals surface area contributed by atoms with Crippen LogP contribution in [-0.2, 0) is 6.42 Å². The van der Waals surface area contributed by atoms with E-state index >= 15 is 0 Å². The topological polar surface area (TPSA) is 29.3 Å². The van der Waals surface area contributed by atoms with Gasteiger partial charge < -0.3 is 10.6 Å². The van der Waals surface area contributed by atoms with E-state index in [0.29, 0.717) is 0 Å². The number of benzene rings is 1. The molecule has 0 amide bonds. The first kappa shape index (κ1) is 14.0. The van der Waals surface area contributed by atoms with Crippen molar-refractivity contribution in [3.8, 4) is 0 Å². The summed E-state index contributed by atoms with van der Waals surface area (Å²) in [7, 11) is 2.17. The van der Waals surface area contributed by atoms with Gasteiger partial charge >= 0.3 is 0 Å². The molecule has 1 rings (SSSR count). The van der Waals surface area contributed by atoms with Crippen LogP contribution in [0.1, 0.15) is 37.8 Å². The molecular formula is C15H26N2. The largest absolute Gasteiger partial charge is 0.374 e. The minimum atomic E-state index is 0.234. The average molecular weight is 234 g/mol. The van der Waals surface area contributed by atoms with E-state index in [1.54, 1.807) is 0 Å². The molecule has 0 aliphatic carbocycles. The molecule has 0 fully saturated rings. The van der Waals surface area contributed by atoms with Crippen molar-refractivity contribution < 1.29 is 0 Å². The maximum atomic E-state index is 5.83. The van der Waals surface area contributed by atoms with Crippen LogP contribution >= 0.6 is 0 Å². The van der Waals surface area contributed by atoms with Gasteiger partial charge in [-0.25, -0.2) is 0 Å². The molecule has 0 spiro atoms. The monoisotopic (exact) mass is 234 g/mol. The lowest BCUT2D eigenvalue weighted by Gasteiger charge is -2.22. The number of hydrogen-bond acceptors (Lipinski definition) is 2. The minimum absolute atomic E-state index is 0.234. The third-order valence-electron chi connectivity index (χ3n) is 3.08. The molecule has 0 bridgehead atoms. The number of hydrogen-bond donors (Lipinski definition) is 1. The van der Waals surface area contributed by atoms with Gasteiger partial charge in [-0.05, 0) is 43.9 Å². The van der Waals surface area contributed by atoms with Crippen molar-refractivity contribution in [2.75, 3.05) is 18.5 Å². The summed E-state index contributed by atoms with van der Waals surface area (Å²) in [6.07, 6.45) is 3.45. The molecule has 1 aromatic carbocycles. The quantitative estimate of drug-likeness (QED) is 0.819. The van der Waals surface area contributed by atoms with E-state index in [-0.39, 0.29) is 6.04 Å². The smallest absolute Gasteiger partial charge is 0.0393 e. The number of anilines is 1. The number of aryl methyl sites for hydroxylation is 1. The fourth-order valence-electron chi connectivity index (χ4n) is 2.16. The molecule has 0 saturated heterocycles. The van der Waals surface area contributed by atoms with Crippen LogP contribution in [0, 0.1) is 6.92 Å². The number of rotatable bonds is 6. The van der Waals surface area contributed by atoms with Crippen LogP contribution < -0.4 is 10.6 Å². The Balaban J connectivity index is 2.74. The highest BCUT2D eigenvalue weighted by Crippen LogP contribution is 2.21. The molecule has 17 heavy (non-hydrogen) atoms. The normalized spacial score (nSPS) is 12.5. The van der Waals surface area contributed by atoms with Crippen LogP contribution in [0.4, 0.5) is 5.69 Å². The van der Waals surface area contributed by atoms with Gasteiger partial charge in [0.1, 0.15) is 0 Å². The molecule has 1 unspecified atom stereocenters. The van der Waals surface area contributed by atoms with Crippen molar-refractivity contribution >= 4 is 5.69 Å². The van der Waals surface area contributed by atoms with E-state index in [1.165, 1.54) is 29.7 Å². The Labute approximate surface area is 106 Å². The summed E-state index contributed by atoms with van der Waals surface area (Å²) in [5.41, 5.74) is 9.85. The molecule has 2 heteroatoms.